The van der Waals surface area contributed by atoms with Crippen molar-refractivity contribution in [3.63, 3.8) is 0 Å². The lowest BCUT2D eigenvalue weighted by Crippen LogP contribution is -2.47. The fourth-order valence-corrected chi connectivity index (χ4v) is 5.47. The molecular weight excluding hydrogens is 376 g/mol. The van der Waals surface area contributed by atoms with Crippen LogP contribution in [0.3, 0.4) is 0 Å². The Bertz CT molecular complexity index is 799. The second-order valence-corrected chi connectivity index (χ2v) is 9.04. The van der Waals surface area contributed by atoms with E-state index in [1.54, 1.807) is 11.8 Å². The molecule has 1 aromatic carbocycles. The minimum atomic E-state index is -0.460. The van der Waals surface area contributed by atoms with Gasteiger partial charge in [0.2, 0.25) is 5.91 Å². The SMILES string of the molecule is O=C(CCCC1=Cc2ccccc2C1)C1C(=S)CN[C@@H]1C(=O)N1CCSC1. The maximum atomic E-state index is 12.9. The van der Waals surface area contributed by atoms with Crippen LogP contribution in [0.4, 0.5) is 0 Å². The van der Waals surface area contributed by atoms with Crippen molar-refractivity contribution in [1.82, 2.24) is 10.2 Å². The lowest BCUT2D eigenvalue weighted by atomic mass is 9.91. The molecule has 0 saturated carbocycles. The van der Waals surface area contributed by atoms with Gasteiger partial charge in [-0.05, 0) is 30.4 Å². The Morgan fingerprint density at radius 2 is 2.15 bits per heavy atom. The summed E-state index contributed by atoms with van der Waals surface area (Å²) in [4.78, 5) is 28.1. The highest BCUT2D eigenvalue weighted by Gasteiger charge is 2.42. The molecule has 2 aliphatic heterocycles. The van der Waals surface area contributed by atoms with Crippen molar-refractivity contribution in [3.05, 3.63) is 41.0 Å². The summed E-state index contributed by atoms with van der Waals surface area (Å²) < 4.78 is 0. The number of carbonyl (C=O) groups excluding carboxylic acids is 2. The second-order valence-electron chi connectivity index (χ2n) is 7.44. The van der Waals surface area contributed by atoms with Gasteiger partial charge in [-0.3, -0.25) is 9.59 Å². The van der Waals surface area contributed by atoms with E-state index in [1.165, 1.54) is 16.7 Å². The summed E-state index contributed by atoms with van der Waals surface area (Å²) in [6, 6.07) is 7.98. The third-order valence-corrected chi connectivity index (χ3v) is 6.97. The zero-order valence-corrected chi connectivity index (χ0v) is 16.9. The third kappa shape index (κ3) is 4.03. The number of thioether (sulfide) groups is 1. The molecule has 0 spiro atoms. The molecule has 2 atom stereocenters. The number of rotatable bonds is 6. The molecule has 2 saturated heterocycles. The molecule has 2 fully saturated rings. The van der Waals surface area contributed by atoms with Gasteiger partial charge in [-0.15, -0.1) is 11.8 Å². The number of allylic oxidation sites excluding steroid dienone is 1. The number of hydrogen-bond acceptors (Lipinski definition) is 5. The van der Waals surface area contributed by atoms with E-state index in [1.807, 2.05) is 4.90 Å². The number of nitrogens with one attached hydrogen (secondary N) is 1. The Hall–Kier alpha value is -1.50. The molecule has 1 aromatic rings. The highest BCUT2D eigenvalue weighted by molar-refractivity contribution is 7.99. The van der Waals surface area contributed by atoms with Gasteiger partial charge < -0.3 is 10.2 Å². The quantitative estimate of drug-likeness (QED) is 0.744. The minimum absolute atomic E-state index is 0.0344. The van der Waals surface area contributed by atoms with Gasteiger partial charge in [0.05, 0.1) is 11.8 Å². The van der Waals surface area contributed by atoms with Gasteiger partial charge in [-0.1, -0.05) is 48.1 Å². The van der Waals surface area contributed by atoms with E-state index >= 15 is 0 Å². The molecule has 6 heteroatoms. The van der Waals surface area contributed by atoms with Crippen molar-refractivity contribution in [2.24, 2.45) is 5.92 Å². The van der Waals surface area contributed by atoms with Crippen LogP contribution in [0.15, 0.2) is 29.8 Å². The molecule has 3 aliphatic rings. The third-order valence-electron chi connectivity index (χ3n) is 5.61. The smallest absolute Gasteiger partial charge is 0.241 e. The lowest BCUT2D eigenvalue weighted by Gasteiger charge is -2.23. The molecule has 4 rings (SSSR count). The lowest BCUT2D eigenvalue weighted by molar-refractivity contribution is -0.135. The van der Waals surface area contributed by atoms with Crippen LogP contribution in [0.25, 0.3) is 6.08 Å². The Morgan fingerprint density at radius 3 is 2.93 bits per heavy atom. The van der Waals surface area contributed by atoms with Crippen LogP contribution in [0, 0.1) is 5.92 Å². The highest BCUT2D eigenvalue weighted by Crippen LogP contribution is 2.28. The first-order chi connectivity index (χ1) is 13.1. The summed E-state index contributed by atoms with van der Waals surface area (Å²) in [5.41, 5.74) is 4.06. The normalized spacial score (nSPS) is 24.2. The monoisotopic (exact) mass is 400 g/mol. The number of benzene rings is 1. The molecule has 1 amide bonds. The van der Waals surface area contributed by atoms with E-state index in [0.29, 0.717) is 17.8 Å². The molecule has 0 radical (unpaired) electrons. The average Bonchev–Trinajstić information content (AvgIpc) is 3.40. The van der Waals surface area contributed by atoms with Gasteiger partial charge in [0.25, 0.3) is 0 Å². The van der Waals surface area contributed by atoms with Crippen molar-refractivity contribution >= 4 is 46.6 Å². The maximum Gasteiger partial charge on any atom is 0.241 e. The molecule has 0 aromatic heterocycles. The standard InChI is InChI=1S/C21H24N2O2S2/c24-17(7-3-4-14-10-15-5-1-2-6-16(15)11-14)19-18(26)12-22-20(19)21(25)23-8-9-27-13-23/h1-2,5-6,10,19-20,22H,3-4,7-9,11-13H2/t19?,20-/m0/s1. The first kappa shape index (κ1) is 18.8. The van der Waals surface area contributed by atoms with Gasteiger partial charge in [0.1, 0.15) is 11.8 Å². The summed E-state index contributed by atoms with van der Waals surface area (Å²) >= 11 is 7.18. The predicted molar refractivity (Wildman–Crippen MR) is 114 cm³/mol. The van der Waals surface area contributed by atoms with E-state index in [4.69, 9.17) is 12.2 Å². The Kier molecular flexibility index (Phi) is 5.76. The first-order valence-corrected chi connectivity index (χ1v) is 11.1. The molecule has 142 valence electrons. The Morgan fingerprint density at radius 1 is 1.30 bits per heavy atom. The van der Waals surface area contributed by atoms with Crippen LogP contribution in [0.1, 0.15) is 30.4 Å². The van der Waals surface area contributed by atoms with E-state index in [2.05, 4.69) is 35.7 Å². The van der Waals surface area contributed by atoms with Crippen molar-refractivity contribution in [1.29, 1.82) is 0 Å². The van der Waals surface area contributed by atoms with Gasteiger partial charge in [-0.25, -0.2) is 0 Å². The topological polar surface area (TPSA) is 49.4 Å². The number of amides is 1. The van der Waals surface area contributed by atoms with E-state index in [0.717, 1.165) is 37.4 Å². The number of hydrogen-bond donors (Lipinski definition) is 1. The van der Waals surface area contributed by atoms with Crippen LogP contribution in [-0.2, 0) is 16.0 Å². The van der Waals surface area contributed by atoms with Crippen LogP contribution >= 0.6 is 24.0 Å². The second kappa shape index (κ2) is 8.25. The molecule has 1 aliphatic carbocycles. The van der Waals surface area contributed by atoms with Gasteiger partial charge in [0, 0.05) is 30.1 Å². The number of ketones is 1. The van der Waals surface area contributed by atoms with Crippen LogP contribution in [0.5, 0.6) is 0 Å². The maximum absolute atomic E-state index is 12.9. The van der Waals surface area contributed by atoms with Gasteiger partial charge in [0.15, 0.2) is 0 Å². The Balaban J connectivity index is 1.32. The van der Waals surface area contributed by atoms with Crippen molar-refractivity contribution in [2.45, 2.75) is 31.7 Å². The molecular formula is C21H24N2O2S2. The molecule has 4 nitrogen and oxygen atoms in total. The zero-order valence-electron chi connectivity index (χ0n) is 15.3. The van der Waals surface area contributed by atoms with Crippen LogP contribution < -0.4 is 5.32 Å². The summed E-state index contributed by atoms with van der Waals surface area (Å²) in [5.74, 6) is 1.41. The molecule has 1 unspecified atom stereocenters. The molecule has 27 heavy (non-hydrogen) atoms. The molecule has 1 N–H and O–H groups in total. The fraction of sp³-hybridized carbons (Fsp3) is 0.476. The summed E-state index contributed by atoms with van der Waals surface area (Å²) in [5, 5.41) is 3.18. The molecule has 2 heterocycles. The van der Waals surface area contributed by atoms with Crippen molar-refractivity contribution in [2.75, 3.05) is 24.7 Å². The van der Waals surface area contributed by atoms with Crippen LogP contribution in [-0.4, -0.2) is 52.2 Å². The largest absolute Gasteiger partial charge is 0.331 e. The van der Waals surface area contributed by atoms with E-state index in [-0.39, 0.29) is 11.7 Å². The number of nitrogens with zero attached hydrogens (tertiary/aromatic N) is 1. The Labute approximate surface area is 169 Å². The number of Topliss-reactive ketones (excluding diaryl/α,β-unsaturated/α-hetero) is 1. The van der Waals surface area contributed by atoms with Crippen molar-refractivity contribution in [3.8, 4) is 0 Å². The molecule has 0 bridgehead atoms. The first-order valence-electron chi connectivity index (χ1n) is 9.56. The summed E-state index contributed by atoms with van der Waals surface area (Å²) in [7, 11) is 0. The number of thiocarbonyl (C=S) groups is 1. The fourth-order valence-electron chi connectivity index (χ4n) is 4.16. The average molecular weight is 401 g/mol. The summed E-state index contributed by atoms with van der Waals surface area (Å²) in [6.45, 7) is 1.26. The van der Waals surface area contributed by atoms with Crippen LogP contribution in [0.2, 0.25) is 0 Å². The van der Waals surface area contributed by atoms with Gasteiger partial charge in [-0.2, -0.15) is 0 Å². The number of fused-ring (bicyclic) bond motifs is 1. The van der Waals surface area contributed by atoms with Gasteiger partial charge >= 0.3 is 0 Å². The number of carbonyl (C=O) groups is 2. The predicted octanol–water partition coefficient (Wildman–Crippen LogP) is 2.86. The van der Waals surface area contributed by atoms with E-state index in [9.17, 15) is 9.59 Å². The zero-order chi connectivity index (χ0) is 18.8. The van der Waals surface area contributed by atoms with Crippen molar-refractivity contribution < 1.29 is 9.59 Å². The van der Waals surface area contributed by atoms with E-state index < -0.39 is 12.0 Å². The highest BCUT2D eigenvalue weighted by atomic mass is 32.2. The minimum Gasteiger partial charge on any atom is -0.331 e. The summed E-state index contributed by atoms with van der Waals surface area (Å²) in [6.07, 6.45) is 5.46.